The fraction of sp³-hybridized carbons (Fsp3) is 0.438. The average Bonchev–Trinajstić information content (AvgIpc) is 3.22. The van der Waals surface area contributed by atoms with Gasteiger partial charge < -0.3 is 14.2 Å². The number of furan rings is 2. The molecule has 0 saturated carbocycles. The van der Waals surface area contributed by atoms with Crippen molar-refractivity contribution in [3.05, 3.63) is 48.3 Å². The lowest BCUT2D eigenvalue weighted by molar-refractivity contribution is 0.0887. The number of likely N-dealkylation sites (tertiary alicyclic amines) is 1. The molecule has 5 nitrogen and oxygen atoms in total. The summed E-state index contributed by atoms with van der Waals surface area (Å²) in [6.07, 6.45) is 6.86. The molecule has 5 heteroatoms. The van der Waals surface area contributed by atoms with Crippen molar-refractivity contribution < 1.29 is 13.6 Å². The van der Waals surface area contributed by atoms with Crippen LogP contribution in [0.3, 0.4) is 0 Å². The SMILES string of the molecule is O=C(NCC(c1ccco1)N1CCCCC1)c1ccco1. The maximum absolute atomic E-state index is 12.0. The predicted molar refractivity (Wildman–Crippen MR) is 77.9 cm³/mol. The minimum absolute atomic E-state index is 0.0826. The summed E-state index contributed by atoms with van der Waals surface area (Å²) >= 11 is 0. The van der Waals surface area contributed by atoms with Crippen molar-refractivity contribution in [1.82, 2.24) is 10.2 Å². The Labute approximate surface area is 123 Å². The molecule has 1 N–H and O–H groups in total. The Bertz CT molecular complexity index is 542. The van der Waals surface area contributed by atoms with E-state index in [1.165, 1.54) is 25.5 Å². The molecule has 0 spiro atoms. The van der Waals surface area contributed by atoms with Gasteiger partial charge in [0, 0.05) is 6.54 Å². The van der Waals surface area contributed by atoms with E-state index in [1.807, 2.05) is 12.1 Å². The highest BCUT2D eigenvalue weighted by Crippen LogP contribution is 2.24. The lowest BCUT2D eigenvalue weighted by Gasteiger charge is -2.33. The standard InChI is InChI=1S/C16H20N2O3/c19-16(15-7-5-11-21-15)17-12-13(14-6-4-10-20-14)18-8-2-1-3-9-18/h4-7,10-11,13H,1-3,8-9,12H2,(H,17,19). The highest BCUT2D eigenvalue weighted by Gasteiger charge is 2.25. The van der Waals surface area contributed by atoms with E-state index < -0.39 is 0 Å². The molecule has 2 aromatic rings. The van der Waals surface area contributed by atoms with Gasteiger partial charge in [0.05, 0.1) is 18.6 Å². The number of nitrogens with one attached hydrogen (secondary N) is 1. The van der Waals surface area contributed by atoms with Crippen molar-refractivity contribution in [2.75, 3.05) is 19.6 Å². The molecule has 1 unspecified atom stereocenters. The molecule has 21 heavy (non-hydrogen) atoms. The zero-order chi connectivity index (χ0) is 14.5. The van der Waals surface area contributed by atoms with Gasteiger partial charge in [0.1, 0.15) is 5.76 Å². The quantitative estimate of drug-likeness (QED) is 0.919. The first kappa shape index (κ1) is 13.9. The summed E-state index contributed by atoms with van der Waals surface area (Å²) in [7, 11) is 0. The van der Waals surface area contributed by atoms with E-state index in [2.05, 4.69) is 10.2 Å². The molecule has 1 saturated heterocycles. The number of rotatable bonds is 5. The van der Waals surface area contributed by atoms with Crippen molar-refractivity contribution in [2.24, 2.45) is 0 Å². The van der Waals surface area contributed by atoms with Crippen molar-refractivity contribution in [2.45, 2.75) is 25.3 Å². The second-order valence-corrected chi connectivity index (χ2v) is 5.32. The van der Waals surface area contributed by atoms with Crippen molar-refractivity contribution in [3.63, 3.8) is 0 Å². The first-order valence-corrected chi connectivity index (χ1v) is 7.44. The van der Waals surface area contributed by atoms with Gasteiger partial charge in [-0.3, -0.25) is 9.69 Å². The first-order chi connectivity index (χ1) is 10.3. The topological polar surface area (TPSA) is 58.6 Å². The summed E-state index contributed by atoms with van der Waals surface area (Å²) in [5.41, 5.74) is 0. The minimum atomic E-state index is -0.187. The van der Waals surface area contributed by atoms with Gasteiger partial charge >= 0.3 is 0 Å². The molecule has 0 bridgehead atoms. The molecule has 0 aromatic carbocycles. The lowest BCUT2D eigenvalue weighted by atomic mass is 10.1. The second-order valence-electron chi connectivity index (χ2n) is 5.32. The molecule has 3 heterocycles. The van der Waals surface area contributed by atoms with Gasteiger partial charge in [-0.1, -0.05) is 6.42 Å². The van der Waals surface area contributed by atoms with E-state index in [9.17, 15) is 4.79 Å². The van der Waals surface area contributed by atoms with Gasteiger partial charge in [-0.15, -0.1) is 0 Å². The summed E-state index contributed by atoms with van der Waals surface area (Å²) in [6.45, 7) is 2.61. The first-order valence-electron chi connectivity index (χ1n) is 7.44. The van der Waals surface area contributed by atoms with E-state index in [0.29, 0.717) is 12.3 Å². The smallest absolute Gasteiger partial charge is 0.287 e. The number of nitrogens with zero attached hydrogens (tertiary/aromatic N) is 1. The van der Waals surface area contributed by atoms with Gasteiger partial charge in [-0.2, -0.15) is 0 Å². The van der Waals surface area contributed by atoms with Crippen LogP contribution in [0.15, 0.2) is 45.6 Å². The number of hydrogen-bond donors (Lipinski definition) is 1. The van der Waals surface area contributed by atoms with Crippen molar-refractivity contribution >= 4 is 5.91 Å². The predicted octanol–water partition coefficient (Wildman–Crippen LogP) is 2.83. The van der Waals surface area contributed by atoms with Gasteiger partial charge in [0.15, 0.2) is 5.76 Å². The average molecular weight is 288 g/mol. The van der Waals surface area contributed by atoms with Gasteiger partial charge in [0.25, 0.3) is 5.91 Å². The Hall–Kier alpha value is -2.01. The van der Waals surface area contributed by atoms with Crippen LogP contribution in [0, 0.1) is 0 Å². The molecule has 2 aromatic heterocycles. The third-order valence-electron chi connectivity index (χ3n) is 3.90. The number of piperidine rings is 1. The fourth-order valence-corrected chi connectivity index (χ4v) is 2.80. The van der Waals surface area contributed by atoms with Gasteiger partial charge in [0.2, 0.25) is 0 Å². The maximum Gasteiger partial charge on any atom is 0.287 e. The third kappa shape index (κ3) is 3.36. The maximum atomic E-state index is 12.0. The second kappa shape index (κ2) is 6.63. The minimum Gasteiger partial charge on any atom is -0.468 e. The molecular formula is C16H20N2O3. The van der Waals surface area contributed by atoms with Crippen LogP contribution < -0.4 is 5.32 Å². The monoisotopic (exact) mass is 288 g/mol. The van der Waals surface area contributed by atoms with Crippen LogP contribution in [-0.2, 0) is 0 Å². The fourth-order valence-electron chi connectivity index (χ4n) is 2.80. The molecule has 1 atom stereocenters. The molecule has 0 aliphatic carbocycles. The third-order valence-corrected chi connectivity index (χ3v) is 3.90. The molecule has 1 aliphatic rings. The number of amides is 1. The largest absolute Gasteiger partial charge is 0.468 e. The summed E-state index contributed by atoms with van der Waals surface area (Å²) in [6, 6.07) is 7.32. The summed E-state index contributed by atoms with van der Waals surface area (Å²) in [4.78, 5) is 14.4. The molecule has 0 radical (unpaired) electrons. The molecule has 1 amide bonds. The Balaban J connectivity index is 1.66. The normalized spacial score (nSPS) is 17.5. The van der Waals surface area contributed by atoms with Crippen LogP contribution in [0.4, 0.5) is 0 Å². The molecule has 1 fully saturated rings. The number of carbonyl (C=O) groups is 1. The molecule has 3 rings (SSSR count). The number of carbonyl (C=O) groups excluding carboxylic acids is 1. The van der Waals surface area contributed by atoms with Gasteiger partial charge in [-0.05, 0) is 50.2 Å². The van der Waals surface area contributed by atoms with Crippen LogP contribution in [-0.4, -0.2) is 30.4 Å². The zero-order valence-electron chi connectivity index (χ0n) is 12.0. The van der Waals surface area contributed by atoms with E-state index in [-0.39, 0.29) is 11.9 Å². The van der Waals surface area contributed by atoms with Crippen LogP contribution in [0.25, 0.3) is 0 Å². The van der Waals surface area contributed by atoms with E-state index in [4.69, 9.17) is 8.83 Å². The van der Waals surface area contributed by atoms with Crippen LogP contribution in [0.1, 0.15) is 41.6 Å². The van der Waals surface area contributed by atoms with Crippen LogP contribution >= 0.6 is 0 Å². The number of hydrogen-bond acceptors (Lipinski definition) is 4. The van der Waals surface area contributed by atoms with Crippen molar-refractivity contribution in [3.8, 4) is 0 Å². The van der Waals surface area contributed by atoms with Gasteiger partial charge in [-0.25, -0.2) is 0 Å². The van der Waals surface area contributed by atoms with Crippen LogP contribution in [0.2, 0.25) is 0 Å². The Morgan fingerprint density at radius 1 is 1.14 bits per heavy atom. The molecular weight excluding hydrogens is 268 g/mol. The Morgan fingerprint density at radius 2 is 1.90 bits per heavy atom. The molecule has 1 aliphatic heterocycles. The zero-order valence-corrected chi connectivity index (χ0v) is 12.0. The Morgan fingerprint density at radius 3 is 2.57 bits per heavy atom. The highest BCUT2D eigenvalue weighted by molar-refractivity contribution is 5.91. The molecule has 112 valence electrons. The van der Waals surface area contributed by atoms with Crippen LogP contribution in [0.5, 0.6) is 0 Å². The lowest BCUT2D eigenvalue weighted by Crippen LogP contribution is -2.40. The summed E-state index contributed by atoms with van der Waals surface area (Å²) in [5.74, 6) is 1.05. The van der Waals surface area contributed by atoms with E-state index in [1.54, 1.807) is 18.4 Å². The Kier molecular flexibility index (Phi) is 4.40. The summed E-state index contributed by atoms with van der Waals surface area (Å²) < 4.78 is 10.7. The van der Waals surface area contributed by atoms with Crippen molar-refractivity contribution in [1.29, 1.82) is 0 Å². The van der Waals surface area contributed by atoms with E-state index >= 15 is 0 Å². The highest BCUT2D eigenvalue weighted by atomic mass is 16.3. The van der Waals surface area contributed by atoms with E-state index in [0.717, 1.165) is 18.8 Å². The summed E-state index contributed by atoms with van der Waals surface area (Å²) in [5, 5.41) is 2.94.